The van der Waals surface area contributed by atoms with Crippen molar-refractivity contribution in [3.63, 3.8) is 0 Å². The number of pyridine rings is 1. The maximum absolute atomic E-state index is 14.8. The van der Waals surface area contributed by atoms with E-state index in [2.05, 4.69) is 4.98 Å². The topological polar surface area (TPSA) is 138 Å². The summed E-state index contributed by atoms with van der Waals surface area (Å²) < 4.78 is 36.9. The van der Waals surface area contributed by atoms with E-state index in [0.717, 1.165) is 22.3 Å². The number of hydrogen-bond donors (Lipinski definition) is 2. The average Bonchev–Trinajstić information content (AvgIpc) is 3.31. The standard InChI is InChI=1S/C29H26F2N6O4S/c1-35(2)13-20-25-27(39)37(24-11-10-18(12-34-24)41-15-23(33)38)29(40)36(14-19-21(30)4-3-5-22(19)31)28(25)42-26(20)16-6-8-17(32)9-7-16/h3-12H,13-15,32H2,1-2H3,(H2,33,38). The van der Waals surface area contributed by atoms with Crippen LogP contribution in [0, 0.1) is 11.6 Å². The summed E-state index contributed by atoms with van der Waals surface area (Å²) in [6.07, 6.45) is 1.24. The van der Waals surface area contributed by atoms with Gasteiger partial charge in [0.2, 0.25) is 0 Å². The third-order valence-electron chi connectivity index (χ3n) is 6.43. The van der Waals surface area contributed by atoms with Crippen molar-refractivity contribution in [2.75, 3.05) is 26.4 Å². The highest BCUT2D eigenvalue weighted by Crippen LogP contribution is 2.38. The van der Waals surface area contributed by atoms with Crippen LogP contribution in [0.4, 0.5) is 14.5 Å². The second-order valence-electron chi connectivity index (χ2n) is 9.77. The number of hydrogen-bond acceptors (Lipinski definition) is 8. The van der Waals surface area contributed by atoms with E-state index in [1.807, 2.05) is 31.1 Å². The lowest BCUT2D eigenvalue weighted by molar-refractivity contribution is -0.119. The lowest BCUT2D eigenvalue weighted by Gasteiger charge is -2.14. The number of thiophene rings is 1. The Kier molecular flexibility index (Phi) is 7.87. The molecule has 0 aliphatic carbocycles. The first-order chi connectivity index (χ1) is 20.0. The lowest BCUT2D eigenvalue weighted by atomic mass is 10.1. The molecule has 0 spiro atoms. The van der Waals surface area contributed by atoms with E-state index in [9.17, 15) is 23.2 Å². The molecule has 0 unspecified atom stereocenters. The number of nitrogens with zero attached hydrogens (tertiary/aromatic N) is 4. The summed E-state index contributed by atoms with van der Waals surface area (Å²) in [7, 11) is 3.68. The quantitative estimate of drug-likeness (QED) is 0.251. The highest BCUT2D eigenvalue weighted by molar-refractivity contribution is 7.22. The molecule has 42 heavy (non-hydrogen) atoms. The Bertz CT molecular complexity index is 1890. The molecule has 0 saturated carbocycles. The normalized spacial score (nSPS) is 11.4. The van der Waals surface area contributed by atoms with Gasteiger partial charge < -0.3 is 21.1 Å². The lowest BCUT2D eigenvalue weighted by Crippen LogP contribution is -2.39. The van der Waals surface area contributed by atoms with Gasteiger partial charge >= 0.3 is 5.69 Å². The van der Waals surface area contributed by atoms with Crippen LogP contribution in [0.15, 0.2) is 70.4 Å². The van der Waals surface area contributed by atoms with Gasteiger partial charge in [-0.15, -0.1) is 11.3 Å². The minimum Gasteiger partial charge on any atom is -0.482 e. The van der Waals surface area contributed by atoms with Gasteiger partial charge in [0.05, 0.1) is 18.1 Å². The van der Waals surface area contributed by atoms with Crippen molar-refractivity contribution in [3.05, 3.63) is 104 Å². The summed E-state index contributed by atoms with van der Waals surface area (Å²) in [6.45, 7) is -0.532. The van der Waals surface area contributed by atoms with E-state index in [0.29, 0.717) is 22.7 Å². The van der Waals surface area contributed by atoms with Crippen LogP contribution in [0.2, 0.25) is 0 Å². The van der Waals surface area contributed by atoms with Gasteiger partial charge in [-0.1, -0.05) is 18.2 Å². The first-order valence-electron chi connectivity index (χ1n) is 12.7. The van der Waals surface area contributed by atoms with Gasteiger partial charge in [-0.05, 0) is 61.6 Å². The Morgan fingerprint density at radius 2 is 1.71 bits per heavy atom. The summed E-state index contributed by atoms with van der Waals surface area (Å²) in [5.41, 5.74) is 11.2. The molecule has 0 radical (unpaired) electrons. The molecule has 0 aliphatic rings. The van der Waals surface area contributed by atoms with Crippen LogP contribution in [0.1, 0.15) is 11.1 Å². The average molecular weight is 593 g/mol. The molecule has 3 heterocycles. The number of primary amides is 1. The molecular weight excluding hydrogens is 566 g/mol. The van der Waals surface area contributed by atoms with Crippen molar-refractivity contribution in [3.8, 4) is 22.0 Å². The minimum absolute atomic E-state index is 0.0443. The molecule has 216 valence electrons. The molecule has 4 N–H and O–H groups in total. The molecule has 13 heteroatoms. The number of amides is 1. The monoisotopic (exact) mass is 592 g/mol. The predicted octanol–water partition coefficient (Wildman–Crippen LogP) is 3.11. The van der Waals surface area contributed by atoms with E-state index in [1.165, 1.54) is 40.3 Å². The number of ether oxygens (including phenoxy) is 1. The molecule has 0 atom stereocenters. The zero-order chi connectivity index (χ0) is 30.1. The molecule has 5 rings (SSSR count). The Balaban J connectivity index is 1.82. The van der Waals surface area contributed by atoms with Crippen molar-refractivity contribution >= 4 is 33.1 Å². The molecule has 3 aromatic heterocycles. The van der Waals surface area contributed by atoms with Gasteiger partial charge in [0, 0.05) is 22.7 Å². The minimum atomic E-state index is -0.838. The van der Waals surface area contributed by atoms with Gasteiger partial charge in [-0.3, -0.25) is 14.2 Å². The number of carbonyl (C=O) groups excluding carboxylic acids is 1. The van der Waals surface area contributed by atoms with Crippen molar-refractivity contribution in [1.29, 1.82) is 0 Å². The van der Waals surface area contributed by atoms with Crippen LogP contribution in [-0.2, 0) is 17.9 Å². The molecule has 0 bridgehead atoms. The summed E-state index contributed by atoms with van der Waals surface area (Å²) >= 11 is 1.18. The number of aromatic nitrogens is 3. The molecule has 5 aromatic rings. The fraction of sp³-hybridized carbons (Fsp3) is 0.172. The van der Waals surface area contributed by atoms with E-state index in [1.54, 1.807) is 12.1 Å². The van der Waals surface area contributed by atoms with Crippen molar-refractivity contribution < 1.29 is 18.3 Å². The second-order valence-corrected chi connectivity index (χ2v) is 10.8. The van der Waals surface area contributed by atoms with Crippen LogP contribution < -0.4 is 27.5 Å². The molecule has 0 aliphatic heterocycles. The highest BCUT2D eigenvalue weighted by atomic mass is 32.1. The maximum Gasteiger partial charge on any atom is 0.338 e. The largest absolute Gasteiger partial charge is 0.482 e. The summed E-state index contributed by atoms with van der Waals surface area (Å²) in [4.78, 5) is 46.2. The summed E-state index contributed by atoms with van der Waals surface area (Å²) in [5.74, 6) is -2.20. The SMILES string of the molecule is CN(C)Cc1c(-c2ccc(N)cc2)sc2c1c(=O)n(-c1ccc(OCC(N)=O)cn1)c(=O)n2Cc1c(F)cccc1F. The Morgan fingerprint density at radius 1 is 1.02 bits per heavy atom. The second kappa shape index (κ2) is 11.5. The number of halogens is 2. The van der Waals surface area contributed by atoms with Crippen molar-refractivity contribution in [2.45, 2.75) is 13.1 Å². The van der Waals surface area contributed by atoms with Crippen LogP contribution in [-0.4, -0.2) is 45.6 Å². The maximum atomic E-state index is 14.8. The highest BCUT2D eigenvalue weighted by Gasteiger charge is 2.25. The first kappa shape index (κ1) is 28.6. The number of rotatable bonds is 9. The van der Waals surface area contributed by atoms with E-state index >= 15 is 0 Å². The summed E-state index contributed by atoms with van der Waals surface area (Å²) in [5, 5.41) is 0.215. The first-order valence-corrected chi connectivity index (χ1v) is 13.5. The van der Waals surface area contributed by atoms with Gasteiger partial charge in [0.15, 0.2) is 6.61 Å². The Hall–Kier alpha value is -4.88. The van der Waals surface area contributed by atoms with E-state index in [-0.39, 0.29) is 34.0 Å². The summed E-state index contributed by atoms with van der Waals surface area (Å²) in [6, 6.07) is 13.3. The Labute approximate surface area is 242 Å². The molecule has 1 amide bonds. The van der Waals surface area contributed by atoms with Crippen LogP contribution >= 0.6 is 11.3 Å². The fourth-order valence-electron chi connectivity index (χ4n) is 4.53. The van der Waals surface area contributed by atoms with Crippen LogP contribution in [0.3, 0.4) is 0 Å². The van der Waals surface area contributed by atoms with Crippen molar-refractivity contribution in [2.24, 2.45) is 5.73 Å². The Morgan fingerprint density at radius 3 is 2.31 bits per heavy atom. The molecule has 2 aromatic carbocycles. The zero-order valence-corrected chi connectivity index (χ0v) is 23.5. The van der Waals surface area contributed by atoms with E-state index < -0.39 is 35.3 Å². The van der Waals surface area contributed by atoms with Crippen LogP contribution in [0.5, 0.6) is 5.75 Å². The third kappa shape index (κ3) is 5.51. The van der Waals surface area contributed by atoms with Gasteiger partial charge in [0.25, 0.3) is 11.5 Å². The third-order valence-corrected chi connectivity index (χ3v) is 7.73. The number of benzene rings is 2. The molecule has 10 nitrogen and oxygen atoms in total. The van der Waals surface area contributed by atoms with Gasteiger partial charge in [-0.2, -0.15) is 0 Å². The number of anilines is 1. The van der Waals surface area contributed by atoms with Gasteiger partial charge in [0.1, 0.15) is 28.0 Å². The number of carbonyl (C=O) groups is 1. The van der Waals surface area contributed by atoms with Crippen molar-refractivity contribution in [1.82, 2.24) is 19.0 Å². The number of fused-ring (bicyclic) bond motifs is 1. The smallest absolute Gasteiger partial charge is 0.338 e. The van der Waals surface area contributed by atoms with Crippen LogP contribution in [0.25, 0.3) is 26.5 Å². The molecule has 0 saturated heterocycles. The zero-order valence-electron chi connectivity index (χ0n) is 22.6. The number of nitrogen functional groups attached to an aromatic ring is 1. The predicted molar refractivity (Wildman–Crippen MR) is 157 cm³/mol. The molecular formula is C29H26F2N6O4S. The molecule has 0 fully saturated rings. The van der Waals surface area contributed by atoms with E-state index in [4.69, 9.17) is 16.2 Å². The number of nitrogens with two attached hydrogens (primary N) is 2. The fourth-order valence-corrected chi connectivity index (χ4v) is 5.83. The van der Waals surface area contributed by atoms with Gasteiger partial charge in [-0.25, -0.2) is 23.1 Å².